The lowest BCUT2D eigenvalue weighted by molar-refractivity contribution is -0.136. The second-order valence-corrected chi connectivity index (χ2v) is 6.23. The van der Waals surface area contributed by atoms with E-state index in [2.05, 4.69) is 6.92 Å². The lowest BCUT2D eigenvalue weighted by Crippen LogP contribution is -2.41. The molecule has 0 bridgehead atoms. The Hall–Kier alpha value is -2.36. The first kappa shape index (κ1) is 15.5. The van der Waals surface area contributed by atoms with Crippen LogP contribution in [0.25, 0.3) is 10.8 Å². The van der Waals surface area contributed by atoms with Crippen LogP contribution in [0.5, 0.6) is 0 Å². The number of rotatable bonds is 3. The zero-order chi connectivity index (χ0) is 16.2. The van der Waals surface area contributed by atoms with Gasteiger partial charge in [-0.3, -0.25) is 4.79 Å². The summed E-state index contributed by atoms with van der Waals surface area (Å²) in [5, 5.41) is 2.06. The van der Waals surface area contributed by atoms with Gasteiger partial charge in [-0.1, -0.05) is 37.3 Å². The molecular formula is C19H21NO3. The van der Waals surface area contributed by atoms with Gasteiger partial charge in [-0.25, -0.2) is 4.79 Å². The average molecular weight is 311 g/mol. The smallest absolute Gasteiger partial charge is 0.338 e. The van der Waals surface area contributed by atoms with Crippen molar-refractivity contribution < 1.29 is 14.3 Å². The van der Waals surface area contributed by atoms with Gasteiger partial charge >= 0.3 is 5.97 Å². The molecular weight excluding hydrogens is 290 g/mol. The van der Waals surface area contributed by atoms with Gasteiger partial charge in [0.2, 0.25) is 0 Å². The van der Waals surface area contributed by atoms with E-state index in [-0.39, 0.29) is 12.5 Å². The van der Waals surface area contributed by atoms with E-state index in [1.165, 1.54) is 0 Å². The molecule has 3 rings (SSSR count). The Bertz CT molecular complexity index is 725. The van der Waals surface area contributed by atoms with Gasteiger partial charge in [-0.05, 0) is 41.7 Å². The van der Waals surface area contributed by atoms with Crippen molar-refractivity contribution in [3.8, 4) is 0 Å². The summed E-state index contributed by atoms with van der Waals surface area (Å²) in [6.45, 7) is 3.47. The number of carbonyl (C=O) groups is 2. The third-order valence-corrected chi connectivity index (χ3v) is 4.32. The number of piperidine rings is 1. The molecule has 0 aliphatic carbocycles. The molecule has 2 aromatic rings. The van der Waals surface area contributed by atoms with Gasteiger partial charge in [0.05, 0.1) is 5.56 Å². The molecule has 0 spiro atoms. The van der Waals surface area contributed by atoms with Crippen LogP contribution in [0.4, 0.5) is 0 Å². The maximum Gasteiger partial charge on any atom is 0.338 e. The fraction of sp³-hybridized carbons (Fsp3) is 0.368. The van der Waals surface area contributed by atoms with Gasteiger partial charge in [-0.2, -0.15) is 0 Å². The summed E-state index contributed by atoms with van der Waals surface area (Å²) in [5.74, 6) is -0.0382. The molecule has 1 amide bonds. The largest absolute Gasteiger partial charge is 0.452 e. The van der Waals surface area contributed by atoms with Crippen LogP contribution in [0.1, 0.15) is 30.1 Å². The first-order chi connectivity index (χ1) is 11.1. The number of ether oxygens (including phenoxy) is 1. The van der Waals surface area contributed by atoms with Crippen molar-refractivity contribution in [2.24, 2.45) is 5.92 Å². The van der Waals surface area contributed by atoms with Crippen LogP contribution in [-0.2, 0) is 9.53 Å². The van der Waals surface area contributed by atoms with E-state index in [4.69, 9.17) is 4.74 Å². The summed E-state index contributed by atoms with van der Waals surface area (Å²) >= 11 is 0. The van der Waals surface area contributed by atoms with Crippen LogP contribution < -0.4 is 0 Å². The van der Waals surface area contributed by atoms with Gasteiger partial charge in [0.1, 0.15) is 0 Å². The molecule has 0 saturated carbocycles. The minimum absolute atomic E-state index is 0.106. The molecule has 0 aromatic heterocycles. The zero-order valence-electron chi connectivity index (χ0n) is 13.3. The molecule has 4 heteroatoms. The Morgan fingerprint density at radius 3 is 2.74 bits per heavy atom. The molecule has 0 radical (unpaired) electrons. The van der Waals surface area contributed by atoms with E-state index in [1.54, 1.807) is 17.0 Å². The summed E-state index contributed by atoms with van der Waals surface area (Å²) in [4.78, 5) is 26.1. The number of likely N-dealkylation sites (tertiary alicyclic amines) is 1. The molecule has 23 heavy (non-hydrogen) atoms. The topological polar surface area (TPSA) is 46.6 Å². The number of carbonyl (C=O) groups excluding carboxylic acids is 2. The van der Waals surface area contributed by atoms with Crippen molar-refractivity contribution in [1.29, 1.82) is 0 Å². The predicted octanol–water partition coefficient (Wildman–Crippen LogP) is 3.26. The molecule has 1 atom stereocenters. The van der Waals surface area contributed by atoms with Crippen LogP contribution >= 0.6 is 0 Å². The molecule has 1 aliphatic heterocycles. The first-order valence-electron chi connectivity index (χ1n) is 8.07. The molecule has 2 aromatic carbocycles. The van der Waals surface area contributed by atoms with Crippen molar-refractivity contribution >= 4 is 22.6 Å². The molecule has 4 nitrogen and oxygen atoms in total. The highest BCUT2D eigenvalue weighted by Crippen LogP contribution is 2.17. The van der Waals surface area contributed by atoms with Crippen molar-refractivity contribution in [3.63, 3.8) is 0 Å². The highest BCUT2D eigenvalue weighted by Gasteiger charge is 2.22. The monoisotopic (exact) mass is 311 g/mol. The standard InChI is InChI=1S/C19H21NO3/c1-14-5-4-10-20(12-14)18(21)13-23-19(22)17-9-8-15-6-2-3-7-16(15)11-17/h2-3,6-9,11,14H,4-5,10,12-13H2,1H3/t14-/m0/s1. The number of hydrogen-bond acceptors (Lipinski definition) is 3. The molecule has 1 fully saturated rings. The molecule has 120 valence electrons. The Balaban J connectivity index is 1.60. The second kappa shape index (κ2) is 6.82. The summed E-state index contributed by atoms with van der Waals surface area (Å²) in [5.41, 5.74) is 0.475. The molecule has 0 N–H and O–H groups in total. The second-order valence-electron chi connectivity index (χ2n) is 6.23. The van der Waals surface area contributed by atoms with E-state index in [0.717, 1.165) is 36.7 Å². The van der Waals surface area contributed by atoms with E-state index in [9.17, 15) is 9.59 Å². The van der Waals surface area contributed by atoms with Gasteiger partial charge in [-0.15, -0.1) is 0 Å². The quantitative estimate of drug-likeness (QED) is 0.817. The van der Waals surface area contributed by atoms with E-state index in [0.29, 0.717) is 11.5 Å². The number of benzene rings is 2. The summed E-state index contributed by atoms with van der Waals surface area (Å²) in [6, 6.07) is 13.2. The minimum atomic E-state index is -0.450. The summed E-state index contributed by atoms with van der Waals surface area (Å²) < 4.78 is 5.20. The number of hydrogen-bond donors (Lipinski definition) is 0. The van der Waals surface area contributed by atoms with Crippen molar-refractivity contribution in [3.05, 3.63) is 48.0 Å². The van der Waals surface area contributed by atoms with Gasteiger partial charge in [0.15, 0.2) is 6.61 Å². The van der Waals surface area contributed by atoms with Gasteiger partial charge < -0.3 is 9.64 Å². The molecule has 0 unspecified atom stereocenters. The maximum absolute atomic E-state index is 12.1. The fourth-order valence-electron chi connectivity index (χ4n) is 3.03. The molecule has 1 saturated heterocycles. The minimum Gasteiger partial charge on any atom is -0.452 e. The lowest BCUT2D eigenvalue weighted by atomic mass is 10.0. The predicted molar refractivity (Wildman–Crippen MR) is 89.2 cm³/mol. The Morgan fingerprint density at radius 2 is 1.96 bits per heavy atom. The van der Waals surface area contributed by atoms with Crippen LogP contribution in [0.3, 0.4) is 0 Å². The lowest BCUT2D eigenvalue weighted by Gasteiger charge is -2.30. The Morgan fingerprint density at radius 1 is 1.17 bits per heavy atom. The van der Waals surface area contributed by atoms with Crippen LogP contribution in [-0.4, -0.2) is 36.5 Å². The number of esters is 1. The van der Waals surface area contributed by atoms with E-state index >= 15 is 0 Å². The fourth-order valence-corrected chi connectivity index (χ4v) is 3.03. The zero-order valence-corrected chi connectivity index (χ0v) is 13.3. The van der Waals surface area contributed by atoms with Gasteiger partial charge in [0.25, 0.3) is 5.91 Å². The summed E-state index contributed by atoms with van der Waals surface area (Å²) in [6.07, 6.45) is 2.17. The summed E-state index contributed by atoms with van der Waals surface area (Å²) in [7, 11) is 0. The molecule has 1 aliphatic rings. The highest BCUT2D eigenvalue weighted by atomic mass is 16.5. The van der Waals surface area contributed by atoms with Crippen molar-refractivity contribution in [1.82, 2.24) is 4.90 Å². The number of nitrogens with zero attached hydrogens (tertiary/aromatic N) is 1. The number of amides is 1. The van der Waals surface area contributed by atoms with E-state index in [1.807, 2.05) is 30.3 Å². The van der Waals surface area contributed by atoms with Crippen LogP contribution in [0.2, 0.25) is 0 Å². The molecule has 1 heterocycles. The van der Waals surface area contributed by atoms with Crippen molar-refractivity contribution in [2.75, 3.05) is 19.7 Å². The normalized spacial score (nSPS) is 18.0. The third-order valence-electron chi connectivity index (χ3n) is 4.32. The highest BCUT2D eigenvalue weighted by molar-refractivity contribution is 5.96. The number of fused-ring (bicyclic) bond motifs is 1. The first-order valence-corrected chi connectivity index (χ1v) is 8.07. The third kappa shape index (κ3) is 3.70. The Kier molecular flexibility index (Phi) is 4.60. The van der Waals surface area contributed by atoms with E-state index < -0.39 is 5.97 Å². The SMILES string of the molecule is C[C@H]1CCCN(C(=O)COC(=O)c2ccc3ccccc3c2)C1. The maximum atomic E-state index is 12.1. The average Bonchev–Trinajstić information content (AvgIpc) is 2.59. The van der Waals surface area contributed by atoms with Crippen molar-refractivity contribution in [2.45, 2.75) is 19.8 Å². The Labute approximate surface area is 136 Å². The van der Waals surface area contributed by atoms with Gasteiger partial charge in [0, 0.05) is 13.1 Å². The van der Waals surface area contributed by atoms with Crippen LogP contribution in [0.15, 0.2) is 42.5 Å². The van der Waals surface area contributed by atoms with Crippen LogP contribution in [0, 0.1) is 5.92 Å².